The van der Waals surface area contributed by atoms with Crippen molar-refractivity contribution in [1.82, 2.24) is 0 Å². The largest absolute Gasteiger partial charge is 0.417 e. The van der Waals surface area contributed by atoms with Gasteiger partial charge in [-0.3, -0.25) is 0 Å². The molecule has 0 fully saturated rings. The predicted molar refractivity (Wildman–Crippen MR) is 73.2 cm³/mol. The molecule has 0 saturated heterocycles. The second-order valence-corrected chi connectivity index (χ2v) is 5.44. The van der Waals surface area contributed by atoms with Crippen LogP contribution in [0.1, 0.15) is 22.1 Å². The average Bonchev–Trinajstić information content (AvgIpc) is 2.38. The van der Waals surface area contributed by atoms with Crippen molar-refractivity contribution < 1.29 is 17.6 Å². The van der Waals surface area contributed by atoms with Gasteiger partial charge in [-0.1, -0.05) is 34.1 Å². The Balaban J connectivity index is 2.40. The van der Waals surface area contributed by atoms with E-state index in [9.17, 15) is 17.6 Å². The molecule has 0 bridgehead atoms. The topological polar surface area (TPSA) is 0 Å². The molecule has 2 aromatic carbocycles. The lowest BCUT2D eigenvalue weighted by Crippen LogP contribution is -2.07. The summed E-state index contributed by atoms with van der Waals surface area (Å²) in [7, 11) is 0. The summed E-state index contributed by atoms with van der Waals surface area (Å²) >= 11 is 9.02. The maximum atomic E-state index is 12.8. The fraction of sp³-hybridized carbons (Fsp3) is 0.143. The van der Waals surface area contributed by atoms with E-state index >= 15 is 0 Å². The third-order valence-corrected chi connectivity index (χ3v) is 3.95. The van der Waals surface area contributed by atoms with Crippen LogP contribution in [-0.2, 0) is 6.18 Å². The van der Waals surface area contributed by atoms with E-state index in [0.717, 1.165) is 6.07 Å². The molecule has 0 amide bonds. The predicted octanol–water partition coefficient (Wildman–Crippen LogP) is 5.94. The first-order valence-corrected chi connectivity index (χ1v) is 6.78. The van der Waals surface area contributed by atoms with Gasteiger partial charge in [0.2, 0.25) is 0 Å². The minimum atomic E-state index is -4.46. The van der Waals surface area contributed by atoms with Gasteiger partial charge in [-0.05, 0) is 35.4 Å². The molecule has 0 heterocycles. The van der Waals surface area contributed by atoms with Crippen LogP contribution in [0.2, 0.25) is 0 Å². The van der Waals surface area contributed by atoms with E-state index in [-0.39, 0.29) is 4.47 Å². The molecule has 0 radical (unpaired) electrons. The Bertz CT molecular complexity index is 608. The minimum Gasteiger partial charge on any atom is -0.207 e. The van der Waals surface area contributed by atoms with Crippen molar-refractivity contribution in [3.63, 3.8) is 0 Å². The molecule has 0 aliphatic heterocycles. The summed E-state index contributed by atoms with van der Waals surface area (Å²) in [5.41, 5.74) is 0.0417. The molecule has 6 heteroatoms. The van der Waals surface area contributed by atoms with Crippen LogP contribution in [0.25, 0.3) is 0 Å². The van der Waals surface area contributed by atoms with Gasteiger partial charge in [0.25, 0.3) is 0 Å². The lowest BCUT2D eigenvalue weighted by Gasteiger charge is -2.15. The Morgan fingerprint density at radius 1 is 0.950 bits per heavy atom. The van der Waals surface area contributed by atoms with Gasteiger partial charge in [-0.15, -0.1) is 11.6 Å². The highest BCUT2D eigenvalue weighted by Crippen LogP contribution is 2.38. The molecule has 1 atom stereocenters. The van der Waals surface area contributed by atoms with Crippen LogP contribution in [0.5, 0.6) is 0 Å². The van der Waals surface area contributed by atoms with Crippen molar-refractivity contribution in [2.45, 2.75) is 11.6 Å². The molecule has 1 unspecified atom stereocenters. The van der Waals surface area contributed by atoms with E-state index < -0.39 is 22.9 Å². The number of benzene rings is 2. The Morgan fingerprint density at radius 2 is 1.50 bits per heavy atom. The monoisotopic (exact) mass is 366 g/mol. The lowest BCUT2D eigenvalue weighted by molar-refractivity contribution is -0.138. The molecule has 0 saturated carbocycles. The number of rotatable bonds is 2. The maximum Gasteiger partial charge on any atom is 0.417 e. The first-order valence-electron chi connectivity index (χ1n) is 5.55. The second kappa shape index (κ2) is 5.74. The van der Waals surface area contributed by atoms with Gasteiger partial charge < -0.3 is 0 Å². The van der Waals surface area contributed by atoms with Gasteiger partial charge in [-0.2, -0.15) is 13.2 Å². The molecular weight excluding hydrogens is 360 g/mol. The van der Waals surface area contributed by atoms with Crippen molar-refractivity contribution in [2.75, 3.05) is 0 Å². The van der Waals surface area contributed by atoms with Gasteiger partial charge in [0.05, 0.1) is 10.9 Å². The Labute approximate surface area is 126 Å². The molecule has 0 spiro atoms. The lowest BCUT2D eigenvalue weighted by atomic mass is 10.0. The quantitative estimate of drug-likeness (QED) is 0.455. The summed E-state index contributed by atoms with van der Waals surface area (Å²) in [5, 5.41) is -0.773. The van der Waals surface area contributed by atoms with Crippen molar-refractivity contribution in [3.8, 4) is 0 Å². The molecule has 0 aliphatic carbocycles. The summed E-state index contributed by atoms with van der Waals surface area (Å²) in [4.78, 5) is 0. The fourth-order valence-corrected chi connectivity index (χ4v) is 2.49. The van der Waals surface area contributed by atoms with Crippen LogP contribution in [0.4, 0.5) is 17.6 Å². The number of alkyl halides is 4. The summed E-state index contributed by atoms with van der Waals surface area (Å²) in [6.07, 6.45) is -4.46. The number of halogens is 6. The van der Waals surface area contributed by atoms with Gasteiger partial charge >= 0.3 is 6.18 Å². The van der Waals surface area contributed by atoms with Gasteiger partial charge in [0, 0.05) is 4.47 Å². The van der Waals surface area contributed by atoms with Crippen molar-refractivity contribution in [1.29, 1.82) is 0 Å². The highest BCUT2D eigenvalue weighted by atomic mass is 79.9. The van der Waals surface area contributed by atoms with Crippen molar-refractivity contribution >= 4 is 27.5 Å². The SMILES string of the molecule is Fc1ccc(C(Cl)c2ccc(Br)c(C(F)(F)F)c2)cc1. The van der Waals surface area contributed by atoms with Crippen LogP contribution in [0.15, 0.2) is 46.9 Å². The Morgan fingerprint density at radius 3 is 2.05 bits per heavy atom. The van der Waals surface area contributed by atoms with E-state index in [4.69, 9.17) is 11.6 Å². The molecule has 106 valence electrons. The molecular formula is C14H8BrClF4. The van der Waals surface area contributed by atoms with E-state index in [1.165, 1.54) is 36.4 Å². The van der Waals surface area contributed by atoms with Crippen LogP contribution < -0.4 is 0 Å². The first-order chi connectivity index (χ1) is 9.29. The van der Waals surface area contributed by atoms with Crippen LogP contribution >= 0.6 is 27.5 Å². The molecule has 0 N–H and O–H groups in total. The summed E-state index contributed by atoms with van der Waals surface area (Å²) in [5.74, 6) is -0.426. The van der Waals surface area contributed by atoms with E-state index in [0.29, 0.717) is 11.1 Å². The molecule has 0 aromatic heterocycles. The third-order valence-electron chi connectivity index (χ3n) is 2.75. The zero-order valence-electron chi connectivity index (χ0n) is 9.89. The zero-order valence-corrected chi connectivity index (χ0v) is 12.2. The van der Waals surface area contributed by atoms with Crippen LogP contribution in [-0.4, -0.2) is 0 Å². The van der Waals surface area contributed by atoms with Gasteiger partial charge in [-0.25, -0.2) is 4.39 Å². The molecule has 0 aliphatic rings. The zero-order chi connectivity index (χ0) is 14.9. The number of hydrogen-bond donors (Lipinski definition) is 0. The average molecular weight is 368 g/mol. The second-order valence-electron chi connectivity index (χ2n) is 4.15. The third kappa shape index (κ3) is 3.33. The van der Waals surface area contributed by atoms with E-state index in [1.807, 2.05) is 0 Å². The highest BCUT2D eigenvalue weighted by molar-refractivity contribution is 9.10. The summed E-state index contributed by atoms with van der Waals surface area (Å²) < 4.78 is 51.3. The van der Waals surface area contributed by atoms with Gasteiger partial charge in [0.1, 0.15) is 5.82 Å². The van der Waals surface area contributed by atoms with Crippen LogP contribution in [0.3, 0.4) is 0 Å². The van der Waals surface area contributed by atoms with Crippen molar-refractivity contribution in [2.24, 2.45) is 0 Å². The standard InChI is InChI=1S/C14H8BrClF4/c15-12-6-3-9(7-11(12)14(18,19)20)13(16)8-1-4-10(17)5-2-8/h1-7,13H. The molecule has 20 heavy (non-hydrogen) atoms. The van der Waals surface area contributed by atoms with E-state index in [1.54, 1.807) is 0 Å². The molecule has 0 nitrogen and oxygen atoms in total. The smallest absolute Gasteiger partial charge is 0.207 e. The van der Waals surface area contributed by atoms with E-state index in [2.05, 4.69) is 15.9 Å². The molecule has 2 aromatic rings. The summed E-state index contributed by atoms with van der Waals surface area (Å²) in [6.45, 7) is 0. The van der Waals surface area contributed by atoms with Crippen molar-refractivity contribution in [3.05, 3.63) is 69.4 Å². The Hall–Kier alpha value is -1.07. The number of hydrogen-bond acceptors (Lipinski definition) is 0. The minimum absolute atomic E-state index is 0.0447. The Kier molecular flexibility index (Phi) is 4.39. The highest BCUT2D eigenvalue weighted by Gasteiger charge is 2.33. The maximum absolute atomic E-state index is 12.8. The normalized spacial score (nSPS) is 13.3. The van der Waals surface area contributed by atoms with Gasteiger partial charge in [0.15, 0.2) is 0 Å². The molecule has 2 rings (SSSR count). The summed E-state index contributed by atoms with van der Waals surface area (Å²) in [6, 6.07) is 9.12. The fourth-order valence-electron chi connectivity index (χ4n) is 1.74. The van der Waals surface area contributed by atoms with Crippen LogP contribution in [0, 0.1) is 5.82 Å². The first kappa shape index (κ1) is 15.3.